The lowest BCUT2D eigenvalue weighted by atomic mass is 10.1. The molecule has 0 aliphatic rings. The highest BCUT2D eigenvalue weighted by atomic mass is 35.5. The van der Waals surface area contributed by atoms with Crippen molar-refractivity contribution in [2.45, 2.75) is 0 Å². The van der Waals surface area contributed by atoms with E-state index in [1.165, 1.54) is 0 Å². The number of benzene rings is 2. The van der Waals surface area contributed by atoms with E-state index < -0.39 is 0 Å². The van der Waals surface area contributed by atoms with Crippen LogP contribution in [0.5, 0.6) is 5.75 Å². The summed E-state index contributed by atoms with van der Waals surface area (Å²) in [6.45, 7) is 0. The van der Waals surface area contributed by atoms with Crippen LogP contribution in [0.2, 0.25) is 5.02 Å². The highest BCUT2D eigenvalue weighted by molar-refractivity contribution is 6.35. The molecule has 0 aliphatic carbocycles. The van der Waals surface area contributed by atoms with Crippen molar-refractivity contribution in [3.05, 3.63) is 41.4 Å². The summed E-state index contributed by atoms with van der Waals surface area (Å²) in [6.07, 6.45) is 0. The van der Waals surface area contributed by atoms with E-state index in [1.807, 2.05) is 24.3 Å². The van der Waals surface area contributed by atoms with Gasteiger partial charge in [0.2, 0.25) is 0 Å². The molecule has 0 atom stereocenters. The second kappa shape index (κ2) is 2.68. The SMILES string of the molecule is Oc1cccc2c(Cl)cccc12. The van der Waals surface area contributed by atoms with Gasteiger partial charge in [-0.25, -0.2) is 0 Å². The van der Waals surface area contributed by atoms with Crippen molar-refractivity contribution in [2.75, 3.05) is 0 Å². The Morgan fingerprint density at radius 2 is 1.58 bits per heavy atom. The lowest BCUT2D eigenvalue weighted by molar-refractivity contribution is 0.481. The predicted molar refractivity (Wildman–Crippen MR) is 50.6 cm³/mol. The Morgan fingerprint density at radius 1 is 0.917 bits per heavy atom. The van der Waals surface area contributed by atoms with Crippen molar-refractivity contribution in [2.24, 2.45) is 0 Å². The molecule has 2 rings (SSSR count). The molecule has 0 aliphatic heterocycles. The highest BCUT2D eigenvalue weighted by Gasteiger charge is 2.00. The maximum absolute atomic E-state index is 9.44. The molecule has 2 aromatic carbocycles. The lowest BCUT2D eigenvalue weighted by Gasteiger charge is -2.00. The number of phenolic OH excluding ortho intramolecular Hbond substituents is 1. The Kier molecular flexibility index (Phi) is 1.66. The summed E-state index contributed by atoms with van der Waals surface area (Å²) in [5, 5.41) is 11.8. The Morgan fingerprint density at radius 3 is 2.33 bits per heavy atom. The molecule has 0 aromatic heterocycles. The molecule has 1 N–H and O–H groups in total. The quantitative estimate of drug-likeness (QED) is 0.657. The fourth-order valence-corrected chi connectivity index (χ4v) is 1.49. The molecular formula is C10H7ClO. The van der Waals surface area contributed by atoms with Crippen LogP contribution in [-0.2, 0) is 0 Å². The van der Waals surface area contributed by atoms with E-state index in [1.54, 1.807) is 12.1 Å². The first-order valence-electron chi connectivity index (χ1n) is 3.65. The van der Waals surface area contributed by atoms with Gasteiger partial charge >= 0.3 is 0 Å². The molecule has 0 fully saturated rings. The number of halogens is 1. The van der Waals surface area contributed by atoms with Crippen molar-refractivity contribution < 1.29 is 5.11 Å². The van der Waals surface area contributed by atoms with Crippen LogP contribution in [0.25, 0.3) is 10.8 Å². The molecule has 0 amide bonds. The van der Waals surface area contributed by atoms with Crippen LogP contribution in [0.3, 0.4) is 0 Å². The van der Waals surface area contributed by atoms with Crippen LogP contribution in [0, 0.1) is 0 Å². The van der Waals surface area contributed by atoms with Crippen LogP contribution >= 0.6 is 11.6 Å². The first kappa shape index (κ1) is 7.44. The molecule has 0 spiro atoms. The summed E-state index contributed by atoms with van der Waals surface area (Å²) in [5.41, 5.74) is 0. The zero-order chi connectivity index (χ0) is 8.55. The van der Waals surface area contributed by atoms with E-state index in [4.69, 9.17) is 11.6 Å². The van der Waals surface area contributed by atoms with Gasteiger partial charge in [0.15, 0.2) is 0 Å². The van der Waals surface area contributed by atoms with Gasteiger partial charge in [-0.1, -0.05) is 35.9 Å². The second-order valence-corrected chi connectivity index (χ2v) is 3.02. The summed E-state index contributed by atoms with van der Waals surface area (Å²) in [6, 6.07) is 10.8. The van der Waals surface area contributed by atoms with Gasteiger partial charge in [0.25, 0.3) is 0 Å². The molecule has 0 unspecified atom stereocenters. The van der Waals surface area contributed by atoms with Crippen LogP contribution in [0.4, 0.5) is 0 Å². The molecule has 60 valence electrons. The normalized spacial score (nSPS) is 10.4. The topological polar surface area (TPSA) is 20.2 Å². The van der Waals surface area contributed by atoms with Crippen molar-refractivity contribution in [1.82, 2.24) is 0 Å². The van der Waals surface area contributed by atoms with E-state index >= 15 is 0 Å². The third kappa shape index (κ3) is 1.03. The zero-order valence-corrected chi connectivity index (χ0v) is 7.05. The molecule has 0 bridgehead atoms. The summed E-state index contributed by atoms with van der Waals surface area (Å²) < 4.78 is 0. The highest BCUT2D eigenvalue weighted by Crippen LogP contribution is 2.29. The Balaban J connectivity index is 2.94. The van der Waals surface area contributed by atoms with Gasteiger partial charge in [-0.15, -0.1) is 0 Å². The predicted octanol–water partition coefficient (Wildman–Crippen LogP) is 3.20. The second-order valence-electron chi connectivity index (χ2n) is 2.61. The maximum Gasteiger partial charge on any atom is 0.123 e. The average Bonchev–Trinajstić information content (AvgIpc) is 2.07. The van der Waals surface area contributed by atoms with Gasteiger partial charge in [0.1, 0.15) is 5.75 Å². The van der Waals surface area contributed by atoms with Crippen LogP contribution in [0.15, 0.2) is 36.4 Å². The zero-order valence-electron chi connectivity index (χ0n) is 6.29. The number of phenols is 1. The maximum atomic E-state index is 9.44. The van der Waals surface area contributed by atoms with Crippen molar-refractivity contribution in [1.29, 1.82) is 0 Å². The van der Waals surface area contributed by atoms with Crippen LogP contribution in [-0.4, -0.2) is 5.11 Å². The van der Waals surface area contributed by atoms with Gasteiger partial charge in [0, 0.05) is 15.8 Å². The molecule has 2 heteroatoms. The third-order valence-corrected chi connectivity index (χ3v) is 2.18. The van der Waals surface area contributed by atoms with Crippen LogP contribution < -0.4 is 0 Å². The molecule has 1 nitrogen and oxygen atoms in total. The fourth-order valence-electron chi connectivity index (χ4n) is 1.26. The monoisotopic (exact) mass is 178 g/mol. The van der Waals surface area contributed by atoms with Crippen molar-refractivity contribution >= 4 is 22.4 Å². The fraction of sp³-hybridized carbons (Fsp3) is 0. The van der Waals surface area contributed by atoms with Gasteiger partial charge in [0.05, 0.1) is 0 Å². The van der Waals surface area contributed by atoms with Gasteiger partial charge in [-0.2, -0.15) is 0 Å². The molecule has 2 aromatic rings. The van der Waals surface area contributed by atoms with E-state index in [0.29, 0.717) is 5.02 Å². The Bertz CT molecular complexity index is 382. The van der Waals surface area contributed by atoms with Gasteiger partial charge in [-0.05, 0) is 12.1 Å². The average molecular weight is 179 g/mol. The number of fused-ring (bicyclic) bond motifs is 1. The van der Waals surface area contributed by atoms with Crippen molar-refractivity contribution in [3.63, 3.8) is 0 Å². The Labute approximate surface area is 75.2 Å². The molecule has 0 saturated heterocycles. The molecular weight excluding hydrogens is 172 g/mol. The minimum absolute atomic E-state index is 0.273. The third-order valence-electron chi connectivity index (χ3n) is 1.85. The molecule has 0 heterocycles. The van der Waals surface area contributed by atoms with Crippen LogP contribution in [0.1, 0.15) is 0 Å². The molecule has 0 radical (unpaired) electrons. The number of hydrogen-bond donors (Lipinski definition) is 1. The smallest absolute Gasteiger partial charge is 0.123 e. The number of hydrogen-bond acceptors (Lipinski definition) is 1. The van der Waals surface area contributed by atoms with Crippen molar-refractivity contribution in [3.8, 4) is 5.75 Å². The first-order chi connectivity index (χ1) is 5.79. The van der Waals surface area contributed by atoms with Gasteiger partial charge in [-0.3, -0.25) is 0 Å². The van der Waals surface area contributed by atoms with E-state index in [9.17, 15) is 5.11 Å². The standard InChI is InChI=1S/C10H7ClO/c11-9-5-1-4-8-7(9)3-2-6-10(8)12/h1-6,12H. The molecule has 0 saturated carbocycles. The number of aromatic hydroxyl groups is 1. The van der Waals surface area contributed by atoms with E-state index in [0.717, 1.165) is 10.8 Å². The van der Waals surface area contributed by atoms with Gasteiger partial charge < -0.3 is 5.11 Å². The number of rotatable bonds is 0. The lowest BCUT2D eigenvalue weighted by Crippen LogP contribution is -1.73. The minimum Gasteiger partial charge on any atom is -0.507 e. The summed E-state index contributed by atoms with van der Waals surface area (Å²) in [7, 11) is 0. The molecule has 12 heavy (non-hydrogen) atoms. The minimum atomic E-state index is 0.273. The first-order valence-corrected chi connectivity index (χ1v) is 4.03. The Hall–Kier alpha value is -1.21. The summed E-state index contributed by atoms with van der Waals surface area (Å²) in [5.74, 6) is 0.273. The van der Waals surface area contributed by atoms with E-state index in [-0.39, 0.29) is 5.75 Å². The summed E-state index contributed by atoms with van der Waals surface area (Å²) in [4.78, 5) is 0. The largest absolute Gasteiger partial charge is 0.507 e. The summed E-state index contributed by atoms with van der Waals surface area (Å²) >= 11 is 5.92. The van der Waals surface area contributed by atoms with E-state index in [2.05, 4.69) is 0 Å².